The third-order valence-electron chi connectivity index (χ3n) is 5.84. The third-order valence-corrected chi connectivity index (χ3v) is 7.23. The van der Waals surface area contributed by atoms with Crippen LogP contribution in [-0.4, -0.2) is 28.4 Å². The van der Waals surface area contributed by atoms with Crippen molar-refractivity contribution in [2.75, 3.05) is 17.8 Å². The summed E-state index contributed by atoms with van der Waals surface area (Å²) in [6.45, 7) is 2.27. The number of aromatic nitrogens is 2. The van der Waals surface area contributed by atoms with Crippen molar-refractivity contribution >= 4 is 35.1 Å². The van der Waals surface area contributed by atoms with Crippen molar-refractivity contribution in [2.24, 2.45) is 11.8 Å². The molecule has 1 heterocycles. The van der Waals surface area contributed by atoms with Crippen molar-refractivity contribution < 1.29 is 4.79 Å². The van der Waals surface area contributed by atoms with Crippen molar-refractivity contribution in [3.05, 3.63) is 6.33 Å². The molecule has 1 amide bonds. The highest BCUT2D eigenvalue weighted by Gasteiger charge is 2.33. The molecule has 0 bridgehead atoms. The van der Waals surface area contributed by atoms with Crippen LogP contribution in [0.4, 0.5) is 5.69 Å². The third kappa shape index (κ3) is 7.25. The first-order chi connectivity index (χ1) is 13.7. The lowest BCUT2D eigenvalue weighted by Gasteiger charge is -2.20. The van der Waals surface area contributed by atoms with Crippen LogP contribution in [0, 0.1) is 11.8 Å². The smallest absolute Gasteiger partial charge is 0.227 e. The number of nitrogens with zero attached hydrogens (tertiary/aromatic N) is 2. The molecule has 2 rings (SSSR count). The molecule has 0 spiro atoms. The average Bonchev–Trinajstić information content (AvgIpc) is 3.18. The summed E-state index contributed by atoms with van der Waals surface area (Å²) in [5.74, 6) is 0.858. The fourth-order valence-electron chi connectivity index (χ4n) is 4.25. The number of unbranched alkanes of at least 4 members (excludes halogenated alkanes) is 7. The van der Waals surface area contributed by atoms with E-state index in [9.17, 15) is 4.79 Å². The van der Waals surface area contributed by atoms with Crippen LogP contribution in [0.3, 0.4) is 0 Å². The van der Waals surface area contributed by atoms with Gasteiger partial charge in [0, 0.05) is 5.92 Å². The van der Waals surface area contributed by atoms with Gasteiger partial charge in [-0.05, 0) is 37.7 Å². The van der Waals surface area contributed by atoms with E-state index in [2.05, 4.69) is 22.2 Å². The van der Waals surface area contributed by atoms with E-state index in [0.717, 1.165) is 22.2 Å². The summed E-state index contributed by atoms with van der Waals surface area (Å²) in [4.78, 5) is 21.7. The Labute approximate surface area is 179 Å². The predicted octanol–water partition coefficient (Wildman–Crippen LogP) is 6.81. The number of thioether (sulfide) groups is 2. The first-order valence-corrected chi connectivity index (χ1v) is 13.4. The van der Waals surface area contributed by atoms with Crippen LogP contribution in [0.25, 0.3) is 0 Å². The fraction of sp³-hybridized carbons (Fsp3) is 0.773. The Morgan fingerprint density at radius 1 is 1.00 bits per heavy atom. The Morgan fingerprint density at radius 3 is 2.21 bits per heavy atom. The van der Waals surface area contributed by atoms with Gasteiger partial charge in [-0.25, -0.2) is 9.97 Å². The standard InChI is InChI=1S/C22H37N3OS2/c1-4-5-6-7-8-9-10-11-13-17-14-12-15-18(17)20(26)25-19-21(27-2)23-16-24-22(19)28-3/h16-18H,4-15H2,1-3H3,(H,25,26). The average molecular weight is 424 g/mol. The SMILES string of the molecule is CCCCCCCCCCC1CCCC1C(=O)Nc1c(SC)ncnc1SC. The number of carbonyl (C=O) groups excluding carboxylic acids is 1. The largest absolute Gasteiger partial charge is 0.321 e. The molecule has 2 unspecified atom stereocenters. The van der Waals surface area contributed by atoms with Gasteiger partial charge in [-0.3, -0.25) is 4.79 Å². The summed E-state index contributed by atoms with van der Waals surface area (Å²) >= 11 is 3.11. The number of amides is 1. The van der Waals surface area contributed by atoms with Crippen LogP contribution in [0.15, 0.2) is 16.4 Å². The number of carbonyl (C=O) groups is 1. The van der Waals surface area contributed by atoms with E-state index in [4.69, 9.17) is 0 Å². The first kappa shape index (κ1) is 23.5. The molecule has 1 aliphatic carbocycles. The highest BCUT2D eigenvalue weighted by Crippen LogP contribution is 2.38. The van der Waals surface area contributed by atoms with E-state index in [1.54, 1.807) is 29.9 Å². The number of hydrogen-bond donors (Lipinski definition) is 1. The number of nitrogens with one attached hydrogen (secondary N) is 1. The minimum absolute atomic E-state index is 0.147. The molecular formula is C22H37N3OS2. The van der Waals surface area contributed by atoms with Gasteiger partial charge in [0.1, 0.15) is 22.1 Å². The molecule has 1 N–H and O–H groups in total. The number of anilines is 1. The van der Waals surface area contributed by atoms with Crippen molar-refractivity contribution in [3.8, 4) is 0 Å². The molecule has 28 heavy (non-hydrogen) atoms. The Morgan fingerprint density at radius 2 is 1.61 bits per heavy atom. The Kier molecular flexibility index (Phi) is 11.3. The Bertz CT molecular complexity index is 575. The summed E-state index contributed by atoms with van der Waals surface area (Å²) in [6, 6.07) is 0. The molecule has 1 aromatic rings. The van der Waals surface area contributed by atoms with Crippen LogP contribution in [0.2, 0.25) is 0 Å². The lowest BCUT2D eigenvalue weighted by atomic mass is 9.89. The van der Waals surface area contributed by atoms with Gasteiger partial charge in [-0.2, -0.15) is 0 Å². The monoisotopic (exact) mass is 423 g/mol. The summed E-state index contributed by atoms with van der Waals surface area (Å²) in [5.41, 5.74) is 0.797. The molecule has 1 aromatic heterocycles. The Balaban J connectivity index is 1.80. The van der Waals surface area contributed by atoms with E-state index >= 15 is 0 Å². The highest BCUT2D eigenvalue weighted by molar-refractivity contribution is 7.99. The van der Waals surface area contributed by atoms with Gasteiger partial charge in [0.05, 0.1) is 0 Å². The molecule has 2 atom stereocenters. The topological polar surface area (TPSA) is 54.9 Å². The van der Waals surface area contributed by atoms with Gasteiger partial charge in [0.2, 0.25) is 5.91 Å². The van der Waals surface area contributed by atoms with E-state index in [1.165, 1.54) is 70.6 Å². The Hall–Kier alpha value is -0.750. The van der Waals surface area contributed by atoms with Gasteiger partial charge in [-0.15, -0.1) is 23.5 Å². The van der Waals surface area contributed by atoms with Gasteiger partial charge in [0.25, 0.3) is 0 Å². The summed E-state index contributed by atoms with van der Waals surface area (Å²) in [7, 11) is 0. The second kappa shape index (κ2) is 13.5. The summed E-state index contributed by atoms with van der Waals surface area (Å²) in [6.07, 6.45) is 20.9. The van der Waals surface area contributed by atoms with Crippen molar-refractivity contribution in [3.63, 3.8) is 0 Å². The zero-order valence-corrected chi connectivity index (χ0v) is 19.5. The minimum atomic E-state index is 0.147. The summed E-state index contributed by atoms with van der Waals surface area (Å²) < 4.78 is 0. The van der Waals surface area contributed by atoms with Crippen molar-refractivity contribution in [1.82, 2.24) is 9.97 Å². The summed E-state index contributed by atoms with van der Waals surface area (Å²) in [5, 5.41) is 4.88. The molecule has 0 aromatic carbocycles. The second-order valence-corrected chi connectivity index (χ2v) is 9.41. The van der Waals surface area contributed by atoms with Crippen molar-refractivity contribution in [1.29, 1.82) is 0 Å². The lowest BCUT2D eigenvalue weighted by Crippen LogP contribution is -2.26. The minimum Gasteiger partial charge on any atom is -0.321 e. The molecule has 0 aliphatic heterocycles. The molecule has 6 heteroatoms. The fourth-order valence-corrected chi connectivity index (χ4v) is 5.33. The van der Waals surface area contributed by atoms with Crippen molar-refractivity contribution in [2.45, 2.75) is 94.0 Å². The zero-order valence-electron chi connectivity index (χ0n) is 17.8. The van der Waals surface area contributed by atoms with Crippen LogP contribution >= 0.6 is 23.5 Å². The maximum Gasteiger partial charge on any atom is 0.227 e. The highest BCUT2D eigenvalue weighted by atomic mass is 32.2. The van der Waals surface area contributed by atoms with E-state index in [1.807, 2.05) is 12.5 Å². The lowest BCUT2D eigenvalue weighted by molar-refractivity contribution is -0.121. The molecule has 1 aliphatic rings. The molecule has 0 radical (unpaired) electrons. The normalized spacial score (nSPS) is 19.1. The first-order valence-electron chi connectivity index (χ1n) is 10.9. The quantitative estimate of drug-likeness (QED) is 0.215. The van der Waals surface area contributed by atoms with Crippen LogP contribution in [0.1, 0.15) is 84.0 Å². The van der Waals surface area contributed by atoms with Crippen LogP contribution in [-0.2, 0) is 4.79 Å². The van der Waals surface area contributed by atoms with Gasteiger partial charge >= 0.3 is 0 Å². The molecular weight excluding hydrogens is 386 g/mol. The number of rotatable bonds is 13. The maximum absolute atomic E-state index is 13.0. The maximum atomic E-state index is 13.0. The van der Waals surface area contributed by atoms with E-state index < -0.39 is 0 Å². The van der Waals surface area contributed by atoms with Gasteiger partial charge in [0.15, 0.2) is 0 Å². The molecule has 0 saturated heterocycles. The van der Waals surface area contributed by atoms with Gasteiger partial charge < -0.3 is 5.32 Å². The molecule has 158 valence electrons. The molecule has 4 nitrogen and oxygen atoms in total. The number of hydrogen-bond acceptors (Lipinski definition) is 5. The van der Waals surface area contributed by atoms with Crippen LogP contribution < -0.4 is 5.32 Å². The second-order valence-electron chi connectivity index (χ2n) is 7.82. The molecule has 1 fully saturated rings. The van der Waals surface area contributed by atoms with E-state index in [0.29, 0.717) is 5.92 Å². The van der Waals surface area contributed by atoms with E-state index in [-0.39, 0.29) is 11.8 Å². The molecule has 1 saturated carbocycles. The van der Waals surface area contributed by atoms with Crippen LogP contribution in [0.5, 0.6) is 0 Å². The predicted molar refractivity (Wildman–Crippen MR) is 122 cm³/mol. The zero-order chi connectivity index (χ0) is 20.2. The van der Waals surface area contributed by atoms with Gasteiger partial charge in [-0.1, -0.05) is 64.7 Å².